The highest BCUT2D eigenvalue weighted by molar-refractivity contribution is 4.88. The van der Waals surface area contributed by atoms with Gasteiger partial charge in [0.25, 0.3) is 0 Å². The van der Waals surface area contributed by atoms with Crippen molar-refractivity contribution in [3.05, 3.63) is 0 Å². The van der Waals surface area contributed by atoms with Gasteiger partial charge in [0, 0.05) is 13.1 Å². The first-order chi connectivity index (χ1) is 5.33. The molecule has 1 aliphatic heterocycles. The van der Waals surface area contributed by atoms with Gasteiger partial charge < -0.3 is 10.6 Å². The Labute approximate surface area is 69.8 Å². The maximum absolute atomic E-state index is 3.44. The van der Waals surface area contributed by atoms with Crippen LogP contribution in [0.25, 0.3) is 0 Å². The third-order valence-corrected chi connectivity index (χ3v) is 2.66. The average Bonchev–Trinajstić information content (AvgIpc) is 2.39. The van der Waals surface area contributed by atoms with Crippen LogP contribution in [0.2, 0.25) is 0 Å². The van der Waals surface area contributed by atoms with Gasteiger partial charge in [-0.15, -0.1) is 0 Å². The number of hydrogen-bond donors (Lipinski definition) is 2. The highest BCUT2D eigenvalue weighted by Gasteiger charge is 2.31. The first-order valence-electron chi connectivity index (χ1n) is 4.68. The monoisotopic (exact) mass is 156 g/mol. The molecule has 11 heavy (non-hydrogen) atoms. The van der Waals surface area contributed by atoms with Gasteiger partial charge in [-0.2, -0.15) is 0 Å². The average molecular weight is 156 g/mol. The minimum absolute atomic E-state index is 0.573. The van der Waals surface area contributed by atoms with E-state index in [0.29, 0.717) is 5.41 Å². The fraction of sp³-hybridized carbons (Fsp3) is 1.00. The van der Waals surface area contributed by atoms with E-state index in [0.717, 1.165) is 0 Å². The zero-order chi connectivity index (χ0) is 8.16. The van der Waals surface area contributed by atoms with E-state index in [1.54, 1.807) is 0 Å². The zero-order valence-corrected chi connectivity index (χ0v) is 7.74. The van der Waals surface area contributed by atoms with Crippen molar-refractivity contribution in [1.29, 1.82) is 0 Å². The molecule has 1 saturated heterocycles. The molecule has 0 aliphatic carbocycles. The first kappa shape index (κ1) is 9.01. The molecule has 0 aromatic rings. The molecule has 1 fully saturated rings. The molecule has 2 heteroatoms. The van der Waals surface area contributed by atoms with E-state index in [9.17, 15) is 0 Å². The number of nitrogens with one attached hydrogen (secondary N) is 2. The SMILES string of the molecule is CCCC1(CNC)CCNC1. The van der Waals surface area contributed by atoms with Gasteiger partial charge >= 0.3 is 0 Å². The van der Waals surface area contributed by atoms with Crippen LogP contribution in [0, 0.1) is 5.41 Å². The van der Waals surface area contributed by atoms with Crippen molar-refractivity contribution < 1.29 is 0 Å². The Morgan fingerprint density at radius 3 is 2.82 bits per heavy atom. The lowest BCUT2D eigenvalue weighted by molar-refractivity contribution is 0.284. The van der Waals surface area contributed by atoms with Crippen molar-refractivity contribution in [1.82, 2.24) is 10.6 Å². The molecule has 0 radical (unpaired) electrons. The summed E-state index contributed by atoms with van der Waals surface area (Å²) in [5.74, 6) is 0. The quantitative estimate of drug-likeness (QED) is 0.634. The number of rotatable bonds is 4. The van der Waals surface area contributed by atoms with Crippen molar-refractivity contribution >= 4 is 0 Å². The van der Waals surface area contributed by atoms with Gasteiger partial charge in [-0.3, -0.25) is 0 Å². The predicted octanol–water partition coefficient (Wildman–Crippen LogP) is 0.986. The lowest BCUT2D eigenvalue weighted by atomic mass is 9.82. The van der Waals surface area contributed by atoms with Crippen molar-refractivity contribution in [3.63, 3.8) is 0 Å². The predicted molar refractivity (Wildman–Crippen MR) is 48.8 cm³/mol. The fourth-order valence-corrected chi connectivity index (χ4v) is 2.15. The Morgan fingerprint density at radius 2 is 2.36 bits per heavy atom. The Hall–Kier alpha value is -0.0800. The zero-order valence-electron chi connectivity index (χ0n) is 7.74. The lowest BCUT2D eigenvalue weighted by Crippen LogP contribution is -2.34. The van der Waals surface area contributed by atoms with Crippen LogP contribution in [0.5, 0.6) is 0 Å². The summed E-state index contributed by atoms with van der Waals surface area (Å²) in [5, 5.41) is 6.74. The lowest BCUT2D eigenvalue weighted by Gasteiger charge is -2.27. The summed E-state index contributed by atoms with van der Waals surface area (Å²) in [6.45, 7) is 5.87. The van der Waals surface area contributed by atoms with Crippen LogP contribution in [-0.2, 0) is 0 Å². The van der Waals surface area contributed by atoms with Crippen molar-refractivity contribution in [2.75, 3.05) is 26.7 Å². The second kappa shape index (κ2) is 4.07. The highest BCUT2D eigenvalue weighted by atomic mass is 15.0. The molecule has 0 amide bonds. The smallest absolute Gasteiger partial charge is 0.00205 e. The molecule has 66 valence electrons. The molecule has 0 bridgehead atoms. The summed E-state index contributed by atoms with van der Waals surface area (Å²) in [5.41, 5.74) is 0.573. The van der Waals surface area contributed by atoms with Crippen LogP contribution in [0.15, 0.2) is 0 Å². The molecule has 1 atom stereocenters. The fourth-order valence-electron chi connectivity index (χ4n) is 2.15. The summed E-state index contributed by atoms with van der Waals surface area (Å²) in [6, 6.07) is 0. The largest absolute Gasteiger partial charge is 0.319 e. The van der Waals surface area contributed by atoms with Crippen molar-refractivity contribution in [2.45, 2.75) is 26.2 Å². The highest BCUT2D eigenvalue weighted by Crippen LogP contribution is 2.29. The minimum Gasteiger partial charge on any atom is -0.319 e. The Balaban J connectivity index is 2.40. The molecule has 1 heterocycles. The first-order valence-corrected chi connectivity index (χ1v) is 4.68. The third kappa shape index (κ3) is 2.17. The van der Waals surface area contributed by atoms with Crippen LogP contribution < -0.4 is 10.6 Å². The molecule has 1 rings (SSSR count). The molecule has 0 spiro atoms. The molecule has 2 nitrogen and oxygen atoms in total. The van der Waals surface area contributed by atoms with Gasteiger partial charge in [-0.1, -0.05) is 13.3 Å². The maximum atomic E-state index is 3.44. The Bertz CT molecular complexity index is 98.1. The molecule has 0 saturated carbocycles. The van der Waals surface area contributed by atoms with Gasteiger partial charge in [0.15, 0.2) is 0 Å². The standard InChI is InChI=1S/C9H20N2/c1-3-4-9(7-10-2)5-6-11-8-9/h10-11H,3-8H2,1-2H3. The summed E-state index contributed by atoms with van der Waals surface area (Å²) in [6.07, 6.45) is 4.02. The molecule has 0 aromatic carbocycles. The summed E-state index contributed by atoms with van der Waals surface area (Å²) in [7, 11) is 2.05. The topological polar surface area (TPSA) is 24.1 Å². The van der Waals surface area contributed by atoms with Crippen LogP contribution in [-0.4, -0.2) is 26.7 Å². The van der Waals surface area contributed by atoms with Gasteiger partial charge in [0.1, 0.15) is 0 Å². The van der Waals surface area contributed by atoms with Crippen LogP contribution in [0.4, 0.5) is 0 Å². The van der Waals surface area contributed by atoms with Crippen LogP contribution in [0.1, 0.15) is 26.2 Å². The third-order valence-electron chi connectivity index (χ3n) is 2.66. The molecule has 2 N–H and O–H groups in total. The van der Waals surface area contributed by atoms with Gasteiger partial charge in [0.05, 0.1) is 0 Å². The van der Waals surface area contributed by atoms with E-state index in [4.69, 9.17) is 0 Å². The second-order valence-corrected chi connectivity index (χ2v) is 3.71. The summed E-state index contributed by atoms with van der Waals surface area (Å²) >= 11 is 0. The number of hydrogen-bond acceptors (Lipinski definition) is 2. The Kier molecular flexibility index (Phi) is 3.34. The summed E-state index contributed by atoms with van der Waals surface area (Å²) < 4.78 is 0. The van der Waals surface area contributed by atoms with Crippen LogP contribution in [0.3, 0.4) is 0 Å². The van der Waals surface area contributed by atoms with E-state index in [1.807, 2.05) is 0 Å². The van der Waals surface area contributed by atoms with E-state index < -0.39 is 0 Å². The van der Waals surface area contributed by atoms with Crippen LogP contribution >= 0.6 is 0 Å². The van der Waals surface area contributed by atoms with E-state index >= 15 is 0 Å². The molecule has 1 unspecified atom stereocenters. The molecular formula is C9H20N2. The normalized spacial score (nSPS) is 31.1. The Morgan fingerprint density at radius 1 is 1.55 bits per heavy atom. The van der Waals surface area contributed by atoms with Crippen molar-refractivity contribution in [3.8, 4) is 0 Å². The van der Waals surface area contributed by atoms with Crippen molar-refractivity contribution in [2.24, 2.45) is 5.41 Å². The van der Waals surface area contributed by atoms with E-state index in [-0.39, 0.29) is 0 Å². The maximum Gasteiger partial charge on any atom is 0.00205 e. The van der Waals surface area contributed by atoms with Gasteiger partial charge in [-0.25, -0.2) is 0 Å². The van der Waals surface area contributed by atoms with Gasteiger partial charge in [0.2, 0.25) is 0 Å². The molecular weight excluding hydrogens is 136 g/mol. The molecule has 1 aliphatic rings. The summed E-state index contributed by atoms with van der Waals surface area (Å²) in [4.78, 5) is 0. The minimum atomic E-state index is 0.573. The van der Waals surface area contributed by atoms with Gasteiger partial charge in [-0.05, 0) is 31.8 Å². The second-order valence-electron chi connectivity index (χ2n) is 3.71. The van der Waals surface area contributed by atoms with E-state index in [1.165, 1.54) is 38.9 Å². The molecule has 0 aromatic heterocycles. The van der Waals surface area contributed by atoms with E-state index in [2.05, 4.69) is 24.6 Å².